The third-order valence-electron chi connectivity index (χ3n) is 7.03. The minimum Gasteiger partial charge on any atom is -0.491 e. The van der Waals surface area contributed by atoms with Crippen LogP contribution in [0, 0.1) is 5.92 Å². The van der Waals surface area contributed by atoms with Gasteiger partial charge in [-0.15, -0.1) is 0 Å². The minimum absolute atomic E-state index is 0.0897. The van der Waals surface area contributed by atoms with Gasteiger partial charge in [0, 0.05) is 38.2 Å². The number of hydrogen-bond acceptors (Lipinski definition) is 5. The first-order valence-electron chi connectivity index (χ1n) is 14.1. The molecule has 4 rings (SSSR count). The SMILES string of the molecule is CC(C)CCN1CCOCCOc2ccc(C(=O)N(CCO)Cc3ccccc3)cc2Cc2cccc(c2)C1. The molecule has 0 fully saturated rings. The van der Waals surface area contributed by atoms with E-state index in [4.69, 9.17) is 9.47 Å². The largest absolute Gasteiger partial charge is 0.491 e. The van der Waals surface area contributed by atoms with Gasteiger partial charge in [0.05, 0.1) is 19.8 Å². The number of rotatable bonds is 8. The highest BCUT2D eigenvalue weighted by molar-refractivity contribution is 5.94. The number of carbonyl (C=O) groups is 1. The maximum absolute atomic E-state index is 13.6. The first kappa shape index (κ1) is 28.8. The molecule has 1 amide bonds. The number of ether oxygens (including phenoxy) is 2. The van der Waals surface area contributed by atoms with E-state index in [9.17, 15) is 9.90 Å². The lowest BCUT2D eigenvalue weighted by Gasteiger charge is -2.24. The molecule has 0 atom stereocenters. The van der Waals surface area contributed by atoms with Crippen molar-refractivity contribution in [1.82, 2.24) is 9.80 Å². The molecule has 3 aromatic rings. The molecule has 0 saturated carbocycles. The normalized spacial score (nSPS) is 14.8. The molecule has 6 nitrogen and oxygen atoms in total. The van der Waals surface area contributed by atoms with E-state index in [0.29, 0.717) is 44.3 Å². The Kier molecular flexibility index (Phi) is 11.0. The second-order valence-electron chi connectivity index (χ2n) is 10.7. The molecular weight excluding hydrogens is 488 g/mol. The van der Waals surface area contributed by atoms with Crippen molar-refractivity contribution in [3.8, 4) is 5.75 Å². The summed E-state index contributed by atoms with van der Waals surface area (Å²) in [7, 11) is 0. The molecule has 3 aromatic carbocycles. The van der Waals surface area contributed by atoms with Gasteiger partial charge >= 0.3 is 0 Å². The maximum Gasteiger partial charge on any atom is 0.254 e. The lowest BCUT2D eigenvalue weighted by atomic mass is 9.99. The summed E-state index contributed by atoms with van der Waals surface area (Å²) in [5.74, 6) is 1.33. The van der Waals surface area contributed by atoms with Crippen LogP contribution < -0.4 is 4.74 Å². The van der Waals surface area contributed by atoms with Crippen LogP contribution in [0.1, 0.15) is 52.9 Å². The zero-order chi connectivity index (χ0) is 27.5. The van der Waals surface area contributed by atoms with Crippen molar-refractivity contribution in [2.24, 2.45) is 5.92 Å². The summed E-state index contributed by atoms with van der Waals surface area (Å²) in [5, 5.41) is 9.65. The molecule has 1 aliphatic heterocycles. The number of aliphatic hydroxyl groups is 1. The van der Waals surface area contributed by atoms with E-state index in [1.807, 2.05) is 48.5 Å². The quantitative estimate of drug-likeness (QED) is 0.436. The highest BCUT2D eigenvalue weighted by Gasteiger charge is 2.19. The van der Waals surface area contributed by atoms with Gasteiger partial charge in [0.15, 0.2) is 0 Å². The Balaban J connectivity index is 1.58. The van der Waals surface area contributed by atoms with Crippen LogP contribution in [0.2, 0.25) is 0 Å². The van der Waals surface area contributed by atoms with E-state index in [1.54, 1.807) is 4.90 Å². The predicted molar refractivity (Wildman–Crippen MR) is 155 cm³/mol. The third kappa shape index (κ3) is 8.92. The lowest BCUT2D eigenvalue weighted by molar-refractivity contribution is 0.0706. The van der Waals surface area contributed by atoms with E-state index >= 15 is 0 Å². The van der Waals surface area contributed by atoms with Crippen LogP contribution in [-0.2, 0) is 24.2 Å². The van der Waals surface area contributed by atoms with E-state index in [-0.39, 0.29) is 19.1 Å². The van der Waals surface area contributed by atoms with Crippen molar-refractivity contribution in [3.05, 3.63) is 101 Å². The van der Waals surface area contributed by atoms with E-state index in [2.05, 4.69) is 43.0 Å². The molecule has 208 valence electrons. The second-order valence-corrected chi connectivity index (χ2v) is 10.7. The molecular formula is C33H42N2O4. The zero-order valence-corrected chi connectivity index (χ0v) is 23.4. The van der Waals surface area contributed by atoms with Crippen LogP contribution in [0.15, 0.2) is 72.8 Å². The highest BCUT2D eigenvalue weighted by atomic mass is 16.5. The van der Waals surface area contributed by atoms with Crippen molar-refractivity contribution < 1.29 is 19.4 Å². The predicted octanol–water partition coefficient (Wildman–Crippen LogP) is 5.17. The molecule has 6 heteroatoms. The van der Waals surface area contributed by atoms with Crippen molar-refractivity contribution in [1.29, 1.82) is 0 Å². The van der Waals surface area contributed by atoms with Gasteiger partial charge in [-0.25, -0.2) is 0 Å². The zero-order valence-electron chi connectivity index (χ0n) is 23.4. The summed E-state index contributed by atoms with van der Waals surface area (Å²) in [6, 6.07) is 24.2. The molecule has 1 aliphatic rings. The van der Waals surface area contributed by atoms with Crippen LogP contribution in [0.25, 0.3) is 0 Å². The number of amides is 1. The molecule has 2 bridgehead atoms. The van der Waals surface area contributed by atoms with Gasteiger partial charge in [0.25, 0.3) is 5.91 Å². The van der Waals surface area contributed by atoms with E-state index in [1.165, 1.54) is 11.1 Å². The Morgan fingerprint density at radius 2 is 1.79 bits per heavy atom. The second kappa shape index (κ2) is 14.8. The first-order chi connectivity index (χ1) is 19.0. The smallest absolute Gasteiger partial charge is 0.254 e. The molecule has 0 aliphatic carbocycles. The average Bonchev–Trinajstić information content (AvgIpc) is 2.93. The summed E-state index contributed by atoms with van der Waals surface area (Å²) < 4.78 is 12.1. The third-order valence-corrected chi connectivity index (χ3v) is 7.03. The molecule has 0 radical (unpaired) electrons. The van der Waals surface area contributed by atoms with Crippen molar-refractivity contribution in [2.75, 3.05) is 46.1 Å². The molecule has 0 unspecified atom stereocenters. The summed E-state index contributed by atoms with van der Waals surface area (Å²) in [6.45, 7) is 9.63. The lowest BCUT2D eigenvalue weighted by Crippen LogP contribution is -2.33. The Morgan fingerprint density at radius 3 is 2.59 bits per heavy atom. The summed E-state index contributed by atoms with van der Waals surface area (Å²) in [5.41, 5.74) is 5.06. The Labute approximate surface area is 233 Å². The number of hydrogen-bond donors (Lipinski definition) is 1. The number of aliphatic hydroxyl groups excluding tert-OH is 1. The monoisotopic (exact) mass is 530 g/mol. The van der Waals surface area contributed by atoms with E-state index in [0.717, 1.165) is 42.9 Å². The van der Waals surface area contributed by atoms with Gasteiger partial charge in [-0.3, -0.25) is 9.69 Å². The molecule has 0 spiro atoms. The fourth-order valence-electron chi connectivity index (χ4n) is 4.88. The average molecular weight is 531 g/mol. The molecule has 39 heavy (non-hydrogen) atoms. The Bertz CT molecular complexity index is 1180. The van der Waals surface area contributed by atoms with Gasteiger partial charge in [0.2, 0.25) is 0 Å². The molecule has 0 aromatic heterocycles. The van der Waals surface area contributed by atoms with Crippen LogP contribution in [0.3, 0.4) is 0 Å². The number of nitrogens with zero attached hydrogens (tertiary/aromatic N) is 2. The van der Waals surface area contributed by atoms with Crippen LogP contribution in [-0.4, -0.2) is 66.9 Å². The van der Waals surface area contributed by atoms with Gasteiger partial charge in [-0.05, 0) is 59.3 Å². The number of benzene rings is 3. The Hall–Kier alpha value is -3.19. The van der Waals surface area contributed by atoms with Crippen LogP contribution in [0.4, 0.5) is 0 Å². The first-order valence-corrected chi connectivity index (χ1v) is 14.1. The molecule has 1 heterocycles. The summed E-state index contributed by atoms with van der Waals surface area (Å²) in [4.78, 5) is 17.7. The van der Waals surface area contributed by atoms with Gasteiger partial charge in [0.1, 0.15) is 12.4 Å². The minimum atomic E-state index is -0.104. The summed E-state index contributed by atoms with van der Waals surface area (Å²) >= 11 is 0. The standard InChI is InChI=1S/C33H42N2O4/c1-26(2)13-14-34-16-18-38-19-20-39-32-12-11-30(23-31(32)22-28-9-6-10-29(21-28)24-34)33(37)35(15-17-36)25-27-7-4-3-5-8-27/h3-12,21,23,26,36H,13-20,22,24-25H2,1-2H3. The van der Waals surface area contributed by atoms with Crippen LogP contribution >= 0.6 is 0 Å². The van der Waals surface area contributed by atoms with E-state index < -0.39 is 0 Å². The van der Waals surface area contributed by atoms with Crippen molar-refractivity contribution in [3.63, 3.8) is 0 Å². The molecule has 1 N–H and O–H groups in total. The van der Waals surface area contributed by atoms with Crippen molar-refractivity contribution >= 4 is 5.91 Å². The van der Waals surface area contributed by atoms with Gasteiger partial charge in [-0.2, -0.15) is 0 Å². The molecule has 0 saturated heterocycles. The maximum atomic E-state index is 13.6. The van der Waals surface area contributed by atoms with Crippen molar-refractivity contribution in [2.45, 2.75) is 39.8 Å². The fraction of sp³-hybridized carbons (Fsp3) is 0.424. The topological polar surface area (TPSA) is 62.2 Å². The Morgan fingerprint density at radius 1 is 0.974 bits per heavy atom. The van der Waals surface area contributed by atoms with Gasteiger partial charge in [-0.1, -0.05) is 68.4 Å². The van der Waals surface area contributed by atoms with Crippen LogP contribution in [0.5, 0.6) is 5.75 Å². The fourth-order valence-corrected chi connectivity index (χ4v) is 4.88. The summed E-state index contributed by atoms with van der Waals surface area (Å²) in [6.07, 6.45) is 1.82. The number of fused-ring (bicyclic) bond motifs is 3. The number of carbonyl (C=O) groups excluding carboxylic acids is 1. The van der Waals surface area contributed by atoms with Gasteiger partial charge < -0.3 is 19.5 Å². The highest BCUT2D eigenvalue weighted by Crippen LogP contribution is 2.26.